The third kappa shape index (κ3) is 1.87. The Balaban J connectivity index is 2.03. The Morgan fingerprint density at radius 1 is 1.31 bits per heavy atom. The lowest BCUT2D eigenvalue weighted by Crippen LogP contribution is -1.80. The van der Waals surface area contributed by atoms with E-state index >= 15 is 0 Å². The van der Waals surface area contributed by atoms with E-state index in [9.17, 15) is 0 Å². The molecule has 0 N–H and O–H groups in total. The summed E-state index contributed by atoms with van der Waals surface area (Å²) in [6.07, 6.45) is 2.29. The van der Waals surface area contributed by atoms with Crippen molar-refractivity contribution in [2.24, 2.45) is 0 Å². The van der Waals surface area contributed by atoms with Crippen LogP contribution in [0.15, 0.2) is 27.1 Å². The van der Waals surface area contributed by atoms with Crippen LogP contribution in [0.5, 0.6) is 0 Å². The van der Waals surface area contributed by atoms with Gasteiger partial charge in [0.05, 0.1) is 10.6 Å². The van der Waals surface area contributed by atoms with E-state index in [4.69, 9.17) is 16.0 Å². The lowest BCUT2D eigenvalue weighted by Gasteiger charge is -1.99. The fourth-order valence-corrected chi connectivity index (χ4v) is 2.06. The Morgan fingerprint density at radius 3 is 2.88 bits per heavy atom. The molecular weight excluding hydrogens is 291 g/mol. The number of nitrogens with zero attached hydrogens (tertiary/aromatic N) is 2. The van der Waals surface area contributed by atoms with Gasteiger partial charge in [0.25, 0.3) is 0 Å². The fraction of sp³-hybridized carbons (Fsp3) is 0.273. The molecule has 0 spiro atoms. The van der Waals surface area contributed by atoms with E-state index in [0.29, 0.717) is 16.8 Å². The number of halogens is 2. The topological polar surface area (TPSA) is 38.9 Å². The molecule has 1 heterocycles. The quantitative estimate of drug-likeness (QED) is 0.840. The second-order valence-electron chi connectivity index (χ2n) is 3.84. The van der Waals surface area contributed by atoms with Crippen molar-refractivity contribution in [3.63, 3.8) is 0 Å². The van der Waals surface area contributed by atoms with Crippen LogP contribution in [0.4, 0.5) is 0 Å². The van der Waals surface area contributed by atoms with Crippen LogP contribution in [0.1, 0.15) is 24.7 Å². The summed E-state index contributed by atoms with van der Waals surface area (Å²) in [5.74, 6) is 1.69. The number of benzene rings is 1. The van der Waals surface area contributed by atoms with Crippen molar-refractivity contribution in [1.82, 2.24) is 10.2 Å². The number of aromatic nitrogens is 2. The maximum absolute atomic E-state index is 6.09. The lowest BCUT2D eigenvalue weighted by atomic mass is 10.2. The van der Waals surface area contributed by atoms with Crippen LogP contribution in [-0.2, 0) is 0 Å². The van der Waals surface area contributed by atoms with Crippen molar-refractivity contribution >= 4 is 27.5 Å². The minimum Gasteiger partial charge on any atom is -0.420 e. The predicted molar refractivity (Wildman–Crippen MR) is 64.4 cm³/mol. The average molecular weight is 300 g/mol. The Morgan fingerprint density at radius 2 is 2.12 bits per heavy atom. The van der Waals surface area contributed by atoms with E-state index in [1.807, 2.05) is 18.2 Å². The van der Waals surface area contributed by atoms with E-state index in [-0.39, 0.29) is 0 Å². The van der Waals surface area contributed by atoms with Gasteiger partial charge in [-0.2, -0.15) is 0 Å². The van der Waals surface area contributed by atoms with Crippen molar-refractivity contribution in [3.05, 3.63) is 33.6 Å². The van der Waals surface area contributed by atoms with Gasteiger partial charge in [0.15, 0.2) is 0 Å². The first-order chi connectivity index (χ1) is 7.74. The smallest absolute Gasteiger partial charge is 0.249 e. The van der Waals surface area contributed by atoms with Gasteiger partial charge in [-0.15, -0.1) is 10.2 Å². The molecule has 0 bridgehead atoms. The standard InChI is InChI=1S/C11H8BrClN2O/c12-7-3-4-9(13)8(5-7)11-15-14-10(16-11)6-1-2-6/h3-6H,1-2H2. The second-order valence-corrected chi connectivity index (χ2v) is 5.17. The van der Waals surface area contributed by atoms with Crippen LogP contribution in [0.2, 0.25) is 5.02 Å². The summed E-state index contributed by atoms with van der Waals surface area (Å²) < 4.78 is 6.54. The molecule has 0 unspecified atom stereocenters. The highest BCUT2D eigenvalue weighted by molar-refractivity contribution is 9.10. The third-order valence-electron chi connectivity index (χ3n) is 2.53. The summed E-state index contributed by atoms with van der Waals surface area (Å²) in [6.45, 7) is 0. The van der Waals surface area contributed by atoms with Gasteiger partial charge in [-0.3, -0.25) is 0 Å². The van der Waals surface area contributed by atoms with Gasteiger partial charge >= 0.3 is 0 Å². The minimum absolute atomic E-state index is 0.465. The second kappa shape index (κ2) is 3.86. The molecule has 5 heteroatoms. The van der Waals surface area contributed by atoms with Crippen LogP contribution >= 0.6 is 27.5 Å². The molecule has 0 radical (unpaired) electrons. The first-order valence-corrected chi connectivity index (χ1v) is 6.20. The molecule has 1 fully saturated rings. The van der Waals surface area contributed by atoms with Crippen molar-refractivity contribution in [1.29, 1.82) is 0 Å². The lowest BCUT2D eigenvalue weighted by molar-refractivity contribution is 0.508. The van der Waals surface area contributed by atoms with Gasteiger partial charge in [0.2, 0.25) is 11.8 Å². The molecule has 1 aliphatic rings. The number of rotatable bonds is 2. The summed E-state index contributed by atoms with van der Waals surface area (Å²) in [4.78, 5) is 0. The molecule has 16 heavy (non-hydrogen) atoms. The summed E-state index contributed by atoms with van der Waals surface area (Å²) in [5.41, 5.74) is 0.774. The SMILES string of the molecule is Clc1ccc(Br)cc1-c1nnc(C2CC2)o1. The van der Waals surface area contributed by atoms with Crippen molar-refractivity contribution in [2.45, 2.75) is 18.8 Å². The highest BCUT2D eigenvalue weighted by atomic mass is 79.9. The maximum atomic E-state index is 6.09. The molecule has 1 aromatic heterocycles. The van der Waals surface area contributed by atoms with Crippen LogP contribution < -0.4 is 0 Å². The fourth-order valence-electron chi connectivity index (χ4n) is 1.50. The van der Waals surface area contributed by atoms with Gasteiger partial charge in [0, 0.05) is 10.4 Å². The van der Waals surface area contributed by atoms with Crippen LogP contribution in [0.3, 0.4) is 0 Å². The van der Waals surface area contributed by atoms with Gasteiger partial charge in [-0.1, -0.05) is 27.5 Å². The van der Waals surface area contributed by atoms with Gasteiger partial charge < -0.3 is 4.42 Å². The Labute approximate surface area is 106 Å². The molecule has 3 nitrogen and oxygen atoms in total. The predicted octanol–water partition coefficient (Wildman–Crippen LogP) is 4.03. The molecule has 0 atom stereocenters. The first kappa shape index (κ1) is 10.3. The average Bonchev–Trinajstić information content (AvgIpc) is 3.01. The largest absolute Gasteiger partial charge is 0.420 e. The normalized spacial score (nSPS) is 15.4. The summed E-state index contributed by atoms with van der Waals surface area (Å²) in [7, 11) is 0. The van der Waals surface area contributed by atoms with Gasteiger partial charge in [-0.25, -0.2) is 0 Å². The molecule has 0 aliphatic heterocycles. The van der Waals surface area contributed by atoms with Crippen LogP contribution in [0, 0.1) is 0 Å². The zero-order chi connectivity index (χ0) is 11.1. The van der Waals surface area contributed by atoms with Crippen molar-refractivity contribution < 1.29 is 4.42 Å². The Hall–Kier alpha value is -0.870. The van der Waals surface area contributed by atoms with Crippen LogP contribution in [0.25, 0.3) is 11.5 Å². The van der Waals surface area contributed by atoms with Crippen molar-refractivity contribution in [3.8, 4) is 11.5 Å². The van der Waals surface area contributed by atoms with E-state index in [1.165, 1.54) is 0 Å². The number of hydrogen-bond acceptors (Lipinski definition) is 3. The Kier molecular flexibility index (Phi) is 2.48. The molecule has 1 saturated carbocycles. The van der Waals surface area contributed by atoms with E-state index in [0.717, 1.165) is 28.8 Å². The molecule has 1 aromatic carbocycles. The first-order valence-electron chi connectivity index (χ1n) is 5.03. The van der Waals surface area contributed by atoms with Crippen molar-refractivity contribution in [2.75, 3.05) is 0 Å². The molecule has 3 rings (SSSR count). The molecule has 2 aromatic rings. The number of hydrogen-bond donors (Lipinski definition) is 0. The summed E-state index contributed by atoms with van der Waals surface area (Å²) in [5, 5.41) is 8.68. The van der Waals surface area contributed by atoms with Gasteiger partial charge in [0.1, 0.15) is 0 Å². The summed E-state index contributed by atoms with van der Waals surface area (Å²) in [6, 6.07) is 5.57. The van der Waals surface area contributed by atoms with E-state index < -0.39 is 0 Å². The molecule has 1 aliphatic carbocycles. The molecule has 0 amide bonds. The molecule has 82 valence electrons. The molecular formula is C11H8BrClN2O. The zero-order valence-electron chi connectivity index (χ0n) is 8.28. The monoisotopic (exact) mass is 298 g/mol. The Bertz CT molecular complexity index is 537. The minimum atomic E-state index is 0.465. The summed E-state index contributed by atoms with van der Waals surface area (Å²) >= 11 is 9.48. The maximum Gasteiger partial charge on any atom is 0.249 e. The highest BCUT2D eigenvalue weighted by Crippen LogP contribution is 2.40. The van der Waals surface area contributed by atoms with Gasteiger partial charge in [-0.05, 0) is 31.0 Å². The van der Waals surface area contributed by atoms with E-state index in [2.05, 4.69) is 26.1 Å². The van der Waals surface area contributed by atoms with Crippen LogP contribution in [-0.4, -0.2) is 10.2 Å². The molecule has 0 saturated heterocycles. The zero-order valence-corrected chi connectivity index (χ0v) is 10.6. The van der Waals surface area contributed by atoms with E-state index in [1.54, 1.807) is 0 Å². The highest BCUT2D eigenvalue weighted by Gasteiger charge is 2.29. The third-order valence-corrected chi connectivity index (χ3v) is 3.35.